The van der Waals surface area contributed by atoms with Gasteiger partial charge in [0.2, 0.25) is 0 Å². The molecule has 23 heavy (non-hydrogen) atoms. The molecule has 2 aromatic rings. The van der Waals surface area contributed by atoms with Crippen LogP contribution in [0.4, 0.5) is 8.78 Å². The Balaban J connectivity index is 1.95. The minimum absolute atomic E-state index is 0.0320. The van der Waals surface area contributed by atoms with Crippen LogP contribution in [-0.4, -0.2) is 19.9 Å². The molecule has 122 valence electrons. The van der Waals surface area contributed by atoms with Gasteiger partial charge in [0, 0.05) is 10.0 Å². The van der Waals surface area contributed by atoms with Crippen molar-refractivity contribution in [1.82, 2.24) is 0 Å². The Morgan fingerprint density at radius 3 is 2.52 bits per heavy atom. The number of nitrogens with zero attached hydrogens (tertiary/aromatic N) is 1. The second-order valence-electron chi connectivity index (χ2n) is 4.42. The van der Waals surface area contributed by atoms with E-state index in [1.807, 2.05) is 24.3 Å². The second kappa shape index (κ2) is 8.47. The Morgan fingerprint density at radius 1 is 1.13 bits per heavy atom. The molecule has 0 spiro atoms. The summed E-state index contributed by atoms with van der Waals surface area (Å²) in [7, 11) is 1.37. The minimum atomic E-state index is -2.90. The monoisotopic (exact) mass is 385 g/mol. The first kappa shape index (κ1) is 17.2. The third-order valence-corrected chi connectivity index (χ3v) is 3.35. The van der Waals surface area contributed by atoms with Gasteiger partial charge in [-0.15, -0.1) is 0 Å². The molecule has 0 amide bonds. The number of rotatable bonds is 7. The topological polar surface area (TPSA) is 40.0 Å². The zero-order valence-electron chi connectivity index (χ0n) is 12.2. The molecular formula is C16H14BrF2NO3. The molecular weight excluding hydrogens is 372 g/mol. The van der Waals surface area contributed by atoms with Crippen molar-refractivity contribution in [3.05, 3.63) is 58.1 Å². The van der Waals surface area contributed by atoms with E-state index in [-0.39, 0.29) is 11.5 Å². The van der Waals surface area contributed by atoms with Crippen molar-refractivity contribution in [3.63, 3.8) is 0 Å². The highest BCUT2D eigenvalue weighted by atomic mass is 79.9. The zero-order chi connectivity index (χ0) is 16.7. The van der Waals surface area contributed by atoms with Crippen LogP contribution in [0, 0.1) is 0 Å². The van der Waals surface area contributed by atoms with Crippen LogP contribution in [0.25, 0.3) is 0 Å². The van der Waals surface area contributed by atoms with Gasteiger partial charge in [0.05, 0.1) is 13.3 Å². The number of hydrogen-bond acceptors (Lipinski definition) is 4. The van der Waals surface area contributed by atoms with Gasteiger partial charge in [-0.25, -0.2) is 0 Å². The second-order valence-corrected chi connectivity index (χ2v) is 5.34. The van der Waals surface area contributed by atoms with E-state index in [1.54, 1.807) is 6.07 Å². The number of hydrogen-bond donors (Lipinski definition) is 0. The molecule has 0 aliphatic carbocycles. The van der Waals surface area contributed by atoms with Crippen molar-refractivity contribution in [2.24, 2.45) is 5.16 Å². The van der Waals surface area contributed by atoms with Gasteiger partial charge in [-0.2, -0.15) is 8.78 Å². The maximum absolute atomic E-state index is 12.2. The van der Waals surface area contributed by atoms with Gasteiger partial charge >= 0.3 is 6.61 Å². The molecule has 2 aromatic carbocycles. The van der Waals surface area contributed by atoms with Crippen LogP contribution in [0.15, 0.2) is 52.1 Å². The van der Waals surface area contributed by atoms with Gasteiger partial charge in [0.25, 0.3) is 0 Å². The Hall–Kier alpha value is -2.15. The van der Waals surface area contributed by atoms with E-state index in [2.05, 4.69) is 25.8 Å². The molecule has 0 saturated carbocycles. The van der Waals surface area contributed by atoms with Crippen molar-refractivity contribution >= 4 is 22.1 Å². The molecule has 0 fully saturated rings. The van der Waals surface area contributed by atoms with E-state index < -0.39 is 6.61 Å². The first-order valence-electron chi connectivity index (χ1n) is 6.61. The van der Waals surface area contributed by atoms with Crippen LogP contribution in [0.1, 0.15) is 11.1 Å². The summed E-state index contributed by atoms with van der Waals surface area (Å²) in [4.78, 5) is 5.19. The van der Waals surface area contributed by atoms with E-state index in [1.165, 1.54) is 25.5 Å². The highest BCUT2D eigenvalue weighted by Gasteiger charge is 2.10. The Labute approximate surface area is 140 Å². The van der Waals surface area contributed by atoms with Gasteiger partial charge in [-0.05, 0) is 35.9 Å². The van der Waals surface area contributed by atoms with Crippen molar-refractivity contribution in [3.8, 4) is 11.5 Å². The molecule has 0 aliphatic heterocycles. The summed E-state index contributed by atoms with van der Waals surface area (Å²) in [5.41, 5.74) is 1.61. The SMILES string of the molecule is COc1cc(C=NOCc2ccc(Br)cc2)ccc1OC(F)F. The lowest BCUT2D eigenvalue weighted by atomic mass is 10.2. The maximum atomic E-state index is 12.2. The quantitative estimate of drug-likeness (QED) is 0.516. The molecule has 2 rings (SSSR count). The van der Waals surface area contributed by atoms with Crippen molar-refractivity contribution in [1.29, 1.82) is 0 Å². The van der Waals surface area contributed by atoms with E-state index in [0.717, 1.165) is 10.0 Å². The van der Waals surface area contributed by atoms with Crippen LogP contribution >= 0.6 is 15.9 Å². The smallest absolute Gasteiger partial charge is 0.387 e. The fourth-order valence-corrected chi connectivity index (χ4v) is 2.01. The highest BCUT2D eigenvalue weighted by molar-refractivity contribution is 9.10. The molecule has 0 bridgehead atoms. The number of benzene rings is 2. The summed E-state index contributed by atoms with van der Waals surface area (Å²) >= 11 is 3.35. The molecule has 0 atom stereocenters. The molecule has 0 heterocycles. The predicted molar refractivity (Wildman–Crippen MR) is 86.2 cm³/mol. The molecule has 0 radical (unpaired) electrons. The number of halogens is 3. The van der Waals surface area contributed by atoms with Crippen LogP contribution < -0.4 is 9.47 Å². The van der Waals surface area contributed by atoms with Gasteiger partial charge in [0.15, 0.2) is 11.5 Å². The van der Waals surface area contributed by atoms with E-state index in [9.17, 15) is 8.78 Å². The fraction of sp³-hybridized carbons (Fsp3) is 0.188. The summed E-state index contributed by atoms with van der Waals surface area (Å²) in [6, 6.07) is 12.2. The number of ether oxygens (including phenoxy) is 2. The molecule has 0 aromatic heterocycles. The van der Waals surface area contributed by atoms with Crippen LogP contribution in [0.3, 0.4) is 0 Å². The molecule has 0 N–H and O–H groups in total. The molecule has 4 nitrogen and oxygen atoms in total. The summed E-state index contributed by atoms with van der Waals surface area (Å²) in [6.45, 7) is -2.58. The van der Waals surface area contributed by atoms with E-state index >= 15 is 0 Å². The Bertz CT molecular complexity index is 663. The van der Waals surface area contributed by atoms with Crippen LogP contribution in [0.5, 0.6) is 11.5 Å². The first-order chi connectivity index (χ1) is 11.1. The third-order valence-electron chi connectivity index (χ3n) is 2.82. The van der Waals surface area contributed by atoms with Crippen LogP contribution in [0.2, 0.25) is 0 Å². The summed E-state index contributed by atoms with van der Waals surface area (Å²) in [6.07, 6.45) is 1.47. The maximum Gasteiger partial charge on any atom is 0.387 e. The van der Waals surface area contributed by atoms with Gasteiger partial charge in [-0.1, -0.05) is 33.2 Å². The summed E-state index contributed by atoms with van der Waals surface area (Å²) in [5.74, 6) is 0.164. The first-order valence-corrected chi connectivity index (χ1v) is 7.40. The highest BCUT2D eigenvalue weighted by Crippen LogP contribution is 2.28. The van der Waals surface area contributed by atoms with Gasteiger partial charge in [0.1, 0.15) is 6.61 Å². The van der Waals surface area contributed by atoms with Gasteiger partial charge < -0.3 is 14.3 Å². The average molecular weight is 386 g/mol. The zero-order valence-corrected chi connectivity index (χ0v) is 13.8. The molecule has 0 saturated heterocycles. The predicted octanol–water partition coefficient (Wildman–Crippen LogP) is 4.61. The normalized spacial score (nSPS) is 11.0. The summed E-state index contributed by atoms with van der Waals surface area (Å²) < 4.78 is 34.8. The van der Waals surface area contributed by atoms with Crippen molar-refractivity contribution in [2.75, 3.05) is 7.11 Å². The largest absolute Gasteiger partial charge is 0.493 e. The average Bonchev–Trinajstić information content (AvgIpc) is 2.54. The summed E-state index contributed by atoms with van der Waals surface area (Å²) in [5, 5.41) is 3.84. The Morgan fingerprint density at radius 2 is 1.87 bits per heavy atom. The number of alkyl halides is 2. The van der Waals surface area contributed by atoms with Crippen molar-refractivity contribution < 1.29 is 23.1 Å². The number of oxime groups is 1. The van der Waals surface area contributed by atoms with E-state index in [4.69, 9.17) is 9.57 Å². The molecule has 0 unspecified atom stereocenters. The van der Waals surface area contributed by atoms with Crippen LogP contribution in [-0.2, 0) is 11.4 Å². The van der Waals surface area contributed by atoms with Gasteiger partial charge in [-0.3, -0.25) is 0 Å². The molecule has 7 heteroatoms. The number of methoxy groups -OCH3 is 1. The minimum Gasteiger partial charge on any atom is -0.493 e. The Kier molecular flexibility index (Phi) is 6.34. The van der Waals surface area contributed by atoms with Crippen molar-refractivity contribution in [2.45, 2.75) is 13.2 Å². The third kappa shape index (κ3) is 5.52. The lowest BCUT2D eigenvalue weighted by Crippen LogP contribution is -2.03. The fourth-order valence-electron chi connectivity index (χ4n) is 1.75. The lowest BCUT2D eigenvalue weighted by Gasteiger charge is -2.09. The standard InChI is InChI=1S/C16H14BrF2NO3/c1-21-15-8-12(4-7-14(15)23-16(18)19)9-20-22-10-11-2-5-13(17)6-3-11/h2-9,16H,10H2,1H3. The lowest BCUT2D eigenvalue weighted by molar-refractivity contribution is -0.0512. The molecule has 0 aliphatic rings. The van der Waals surface area contributed by atoms with E-state index in [0.29, 0.717) is 12.2 Å².